The molecule has 1 atom stereocenters. The fraction of sp³-hybridized carbons (Fsp3) is 0.190. The maximum atomic E-state index is 12.6. The first-order valence-corrected chi connectivity index (χ1v) is 8.88. The standard InChI is InChI=1S/C21H21ClN2O3/c1-26-17-7-3-14(4-8-17)11-19(15-5-9-18(27-2)10-6-15)24-21(25)20-12-16(22)13-23-20/h3-10,12-13,19,23H,11H2,1-2H3,(H,24,25)/t19-/m0/s1. The number of carbonyl (C=O) groups excluding carboxylic acids is 1. The number of hydrogen-bond acceptors (Lipinski definition) is 3. The van der Waals surface area contributed by atoms with Crippen molar-refractivity contribution in [2.24, 2.45) is 0 Å². The van der Waals surface area contributed by atoms with Crippen molar-refractivity contribution in [3.05, 3.63) is 82.6 Å². The molecule has 3 aromatic rings. The minimum Gasteiger partial charge on any atom is -0.497 e. The Bertz CT molecular complexity index is 889. The Morgan fingerprint density at radius 1 is 1.04 bits per heavy atom. The summed E-state index contributed by atoms with van der Waals surface area (Å²) in [7, 11) is 3.26. The Morgan fingerprint density at radius 3 is 2.15 bits per heavy atom. The number of amides is 1. The lowest BCUT2D eigenvalue weighted by molar-refractivity contribution is 0.0932. The van der Waals surface area contributed by atoms with Gasteiger partial charge in [0.15, 0.2) is 0 Å². The first kappa shape index (κ1) is 18.9. The van der Waals surface area contributed by atoms with Crippen molar-refractivity contribution in [2.45, 2.75) is 12.5 Å². The van der Waals surface area contributed by atoms with E-state index in [-0.39, 0.29) is 11.9 Å². The fourth-order valence-corrected chi connectivity index (χ4v) is 2.98. The maximum Gasteiger partial charge on any atom is 0.268 e. The van der Waals surface area contributed by atoms with Crippen LogP contribution >= 0.6 is 11.6 Å². The molecule has 0 saturated heterocycles. The van der Waals surface area contributed by atoms with E-state index in [1.54, 1.807) is 26.5 Å². The number of benzene rings is 2. The van der Waals surface area contributed by atoms with Gasteiger partial charge in [0.05, 0.1) is 25.3 Å². The van der Waals surface area contributed by atoms with Crippen molar-refractivity contribution in [3.8, 4) is 11.5 Å². The summed E-state index contributed by atoms with van der Waals surface area (Å²) >= 11 is 5.91. The van der Waals surface area contributed by atoms with E-state index in [0.717, 1.165) is 22.6 Å². The topological polar surface area (TPSA) is 63.3 Å². The molecule has 1 heterocycles. The molecule has 6 heteroatoms. The summed E-state index contributed by atoms with van der Waals surface area (Å²) in [4.78, 5) is 15.5. The van der Waals surface area contributed by atoms with Gasteiger partial charge in [-0.3, -0.25) is 4.79 Å². The Balaban J connectivity index is 1.83. The monoisotopic (exact) mass is 384 g/mol. The van der Waals surface area contributed by atoms with Gasteiger partial charge in [0.1, 0.15) is 17.2 Å². The van der Waals surface area contributed by atoms with E-state index < -0.39 is 0 Å². The van der Waals surface area contributed by atoms with Crippen LogP contribution in [-0.2, 0) is 6.42 Å². The number of ether oxygens (including phenoxy) is 2. The molecular formula is C21H21ClN2O3. The van der Waals surface area contributed by atoms with E-state index in [2.05, 4.69) is 10.3 Å². The molecule has 0 bridgehead atoms. The number of hydrogen-bond donors (Lipinski definition) is 2. The predicted molar refractivity (Wildman–Crippen MR) is 106 cm³/mol. The molecule has 0 aliphatic carbocycles. The largest absolute Gasteiger partial charge is 0.497 e. The number of aromatic amines is 1. The fourth-order valence-electron chi connectivity index (χ4n) is 2.82. The van der Waals surface area contributed by atoms with E-state index in [1.807, 2.05) is 48.5 Å². The second-order valence-electron chi connectivity index (χ2n) is 6.08. The van der Waals surface area contributed by atoms with Crippen LogP contribution in [0.3, 0.4) is 0 Å². The van der Waals surface area contributed by atoms with Crippen LogP contribution in [0.25, 0.3) is 0 Å². The molecule has 0 saturated carbocycles. The molecule has 27 heavy (non-hydrogen) atoms. The van der Waals surface area contributed by atoms with Crippen molar-refractivity contribution < 1.29 is 14.3 Å². The predicted octanol–water partition coefficient (Wildman–Crippen LogP) is 4.40. The molecule has 2 N–H and O–H groups in total. The number of H-pyrrole nitrogens is 1. The summed E-state index contributed by atoms with van der Waals surface area (Å²) in [6.07, 6.45) is 2.22. The Labute approximate surface area is 163 Å². The summed E-state index contributed by atoms with van der Waals surface area (Å²) in [5.41, 5.74) is 2.49. The van der Waals surface area contributed by atoms with Gasteiger partial charge in [0.25, 0.3) is 5.91 Å². The van der Waals surface area contributed by atoms with Crippen LogP contribution in [0.4, 0.5) is 0 Å². The average Bonchev–Trinajstić information content (AvgIpc) is 3.14. The molecule has 1 amide bonds. The Kier molecular flexibility index (Phi) is 6.04. The highest BCUT2D eigenvalue weighted by Gasteiger charge is 2.18. The van der Waals surface area contributed by atoms with Gasteiger partial charge in [-0.05, 0) is 47.9 Å². The highest BCUT2D eigenvalue weighted by molar-refractivity contribution is 6.30. The third-order valence-electron chi connectivity index (χ3n) is 4.31. The number of nitrogens with one attached hydrogen (secondary N) is 2. The molecule has 1 aromatic heterocycles. The normalized spacial score (nSPS) is 11.7. The van der Waals surface area contributed by atoms with Crippen molar-refractivity contribution in [1.29, 1.82) is 0 Å². The van der Waals surface area contributed by atoms with Gasteiger partial charge in [0.2, 0.25) is 0 Å². The first-order chi connectivity index (χ1) is 13.1. The van der Waals surface area contributed by atoms with Crippen molar-refractivity contribution in [3.63, 3.8) is 0 Å². The molecule has 140 valence electrons. The molecule has 0 fully saturated rings. The smallest absolute Gasteiger partial charge is 0.268 e. The Hall–Kier alpha value is -2.92. The molecule has 2 aromatic carbocycles. The summed E-state index contributed by atoms with van der Waals surface area (Å²) in [5, 5.41) is 3.57. The summed E-state index contributed by atoms with van der Waals surface area (Å²) in [6.45, 7) is 0. The first-order valence-electron chi connectivity index (χ1n) is 8.50. The van der Waals surface area contributed by atoms with Gasteiger partial charge in [-0.25, -0.2) is 0 Å². The van der Waals surface area contributed by atoms with Crippen LogP contribution in [0.2, 0.25) is 5.02 Å². The highest BCUT2D eigenvalue weighted by Crippen LogP contribution is 2.23. The number of aromatic nitrogens is 1. The second kappa shape index (κ2) is 8.64. The van der Waals surface area contributed by atoms with Gasteiger partial charge in [0, 0.05) is 6.20 Å². The van der Waals surface area contributed by atoms with Crippen LogP contribution in [-0.4, -0.2) is 25.1 Å². The zero-order chi connectivity index (χ0) is 19.2. The van der Waals surface area contributed by atoms with Crippen molar-refractivity contribution >= 4 is 17.5 Å². The number of carbonyl (C=O) groups is 1. The van der Waals surface area contributed by atoms with Gasteiger partial charge in [-0.2, -0.15) is 0 Å². The molecule has 0 spiro atoms. The highest BCUT2D eigenvalue weighted by atomic mass is 35.5. The Morgan fingerprint density at radius 2 is 1.63 bits per heavy atom. The zero-order valence-corrected chi connectivity index (χ0v) is 15.9. The number of methoxy groups -OCH3 is 2. The molecule has 0 unspecified atom stereocenters. The van der Waals surface area contributed by atoms with Gasteiger partial charge in [-0.1, -0.05) is 35.9 Å². The van der Waals surface area contributed by atoms with E-state index in [0.29, 0.717) is 17.1 Å². The van der Waals surface area contributed by atoms with E-state index in [9.17, 15) is 4.79 Å². The lowest BCUT2D eigenvalue weighted by atomic mass is 9.98. The quantitative estimate of drug-likeness (QED) is 0.634. The average molecular weight is 385 g/mol. The molecule has 0 aliphatic rings. The third-order valence-corrected chi connectivity index (χ3v) is 4.53. The summed E-state index contributed by atoms with van der Waals surface area (Å²) in [6, 6.07) is 16.9. The van der Waals surface area contributed by atoms with Crippen molar-refractivity contribution in [2.75, 3.05) is 14.2 Å². The molecule has 5 nitrogen and oxygen atoms in total. The SMILES string of the molecule is COc1ccc(C[C@H](NC(=O)c2cc(Cl)c[nH]2)c2ccc(OC)cc2)cc1. The van der Waals surface area contributed by atoms with Crippen molar-refractivity contribution in [1.82, 2.24) is 10.3 Å². The van der Waals surface area contributed by atoms with Crippen LogP contribution in [0.15, 0.2) is 60.8 Å². The number of halogens is 1. The lowest BCUT2D eigenvalue weighted by Gasteiger charge is -2.20. The third kappa shape index (κ3) is 4.83. The van der Waals surface area contributed by atoms with E-state index in [1.165, 1.54) is 0 Å². The molecule has 0 aliphatic heterocycles. The van der Waals surface area contributed by atoms with Gasteiger partial charge >= 0.3 is 0 Å². The van der Waals surface area contributed by atoms with Gasteiger partial charge in [-0.15, -0.1) is 0 Å². The van der Waals surface area contributed by atoms with Crippen LogP contribution < -0.4 is 14.8 Å². The zero-order valence-electron chi connectivity index (χ0n) is 15.2. The molecule has 0 radical (unpaired) electrons. The minimum absolute atomic E-state index is 0.209. The van der Waals surface area contributed by atoms with Gasteiger partial charge < -0.3 is 19.8 Å². The van der Waals surface area contributed by atoms with E-state index in [4.69, 9.17) is 21.1 Å². The van der Waals surface area contributed by atoms with E-state index >= 15 is 0 Å². The minimum atomic E-state index is -0.212. The molecule has 3 rings (SSSR count). The summed E-state index contributed by atoms with van der Waals surface area (Å²) < 4.78 is 10.4. The number of rotatable bonds is 7. The van der Waals surface area contributed by atoms with Crippen LogP contribution in [0.1, 0.15) is 27.7 Å². The second-order valence-corrected chi connectivity index (χ2v) is 6.52. The maximum absolute atomic E-state index is 12.6. The molecular weight excluding hydrogens is 364 g/mol. The lowest BCUT2D eigenvalue weighted by Crippen LogP contribution is -2.30. The van der Waals surface area contributed by atoms with Crippen LogP contribution in [0.5, 0.6) is 11.5 Å². The van der Waals surface area contributed by atoms with Crippen LogP contribution in [0, 0.1) is 0 Å². The summed E-state index contributed by atoms with van der Waals surface area (Å²) in [5.74, 6) is 1.35.